The fourth-order valence-corrected chi connectivity index (χ4v) is 4.45. The SMILES string of the molecule is O=C(NCc1cnc2nc1NCCCNS(=O)(=O)c1cccc(c1)N2)Nc1cccc(C(F)(F)F)c1. The Balaban J connectivity index is 1.47. The molecule has 3 aromatic rings. The maximum absolute atomic E-state index is 12.9. The van der Waals surface area contributed by atoms with Crippen molar-refractivity contribution in [3.63, 3.8) is 0 Å². The van der Waals surface area contributed by atoms with Gasteiger partial charge in [0, 0.05) is 42.8 Å². The molecule has 2 amide bonds. The lowest BCUT2D eigenvalue weighted by Crippen LogP contribution is -2.29. The first kappa shape index (κ1) is 25.2. The van der Waals surface area contributed by atoms with Crippen molar-refractivity contribution in [2.45, 2.75) is 24.0 Å². The summed E-state index contributed by atoms with van der Waals surface area (Å²) in [6, 6.07) is 9.80. The van der Waals surface area contributed by atoms with Gasteiger partial charge in [-0.3, -0.25) is 0 Å². The fourth-order valence-electron chi connectivity index (χ4n) is 3.33. The van der Waals surface area contributed by atoms with Gasteiger partial charge in [-0.15, -0.1) is 0 Å². The van der Waals surface area contributed by atoms with E-state index in [4.69, 9.17) is 0 Å². The molecule has 2 heterocycles. The van der Waals surface area contributed by atoms with Crippen LogP contribution in [0.4, 0.5) is 41.1 Å². The summed E-state index contributed by atoms with van der Waals surface area (Å²) in [5.74, 6) is 0.613. The van der Waals surface area contributed by atoms with Gasteiger partial charge in [0.15, 0.2) is 0 Å². The Labute approximate surface area is 204 Å². The number of rotatable bonds is 3. The third kappa shape index (κ3) is 6.40. The van der Waals surface area contributed by atoms with E-state index in [1.807, 2.05) is 0 Å². The van der Waals surface area contributed by atoms with Crippen molar-refractivity contribution in [3.05, 3.63) is 65.9 Å². The lowest BCUT2D eigenvalue weighted by atomic mass is 10.2. The number of nitrogens with one attached hydrogen (secondary N) is 5. The van der Waals surface area contributed by atoms with Crippen LogP contribution in [0, 0.1) is 0 Å². The molecule has 10 nitrogen and oxygen atoms in total. The van der Waals surface area contributed by atoms with E-state index in [1.165, 1.54) is 30.5 Å². The molecule has 0 fully saturated rings. The van der Waals surface area contributed by atoms with E-state index in [9.17, 15) is 26.4 Å². The minimum Gasteiger partial charge on any atom is -0.370 e. The highest BCUT2D eigenvalue weighted by Crippen LogP contribution is 2.30. The first-order valence-corrected chi connectivity index (χ1v) is 12.3. The molecule has 0 atom stereocenters. The van der Waals surface area contributed by atoms with Crippen LogP contribution in [0.5, 0.6) is 0 Å². The van der Waals surface area contributed by atoms with Crippen LogP contribution in [0.3, 0.4) is 0 Å². The first-order valence-electron chi connectivity index (χ1n) is 10.8. The first-order chi connectivity index (χ1) is 17.1. The minimum atomic E-state index is -4.53. The van der Waals surface area contributed by atoms with Crippen molar-refractivity contribution in [1.29, 1.82) is 0 Å². The molecule has 1 aliphatic heterocycles. The van der Waals surface area contributed by atoms with Crippen molar-refractivity contribution in [1.82, 2.24) is 20.0 Å². The quantitative estimate of drug-likeness (QED) is 0.355. The van der Waals surface area contributed by atoms with Crippen LogP contribution < -0.4 is 26.0 Å². The second-order valence-electron chi connectivity index (χ2n) is 7.78. The largest absolute Gasteiger partial charge is 0.416 e. The fraction of sp³-hybridized carbons (Fsp3) is 0.227. The van der Waals surface area contributed by atoms with E-state index in [0.717, 1.165) is 12.1 Å². The molecule has 14 heteroatoms. The van der Waals surface area contributed by atoms with Crippen LogP contribution in [0.25, 0.3) is 0 Å². The Hall–Kier alpha value is -3.91. The zero-order valence-electron chi connectivity index (χ0n) is 18.7. The third-order valence-corrected chi connectivity index (χ3v) is 6.55. The predicted molar refractivity (Wildman–Crippen MR) is 127 cm³/mol. The number of urea groups is 1. The van der Waals surface area contributed by atoms with Gasteiger partial charge >= 0.3 is 12.2 Å². The number of carbonyl (C=O) groups is 1. The van der Waals surface area contributed by atoms with Gasteiger partial charge < -0.3 is 21.3 Å². The normalized spacial score (nSPS) is 15.2. The van der Waals surface area contributed by atoms with E-state index in [-0.39, 0.29) is 29.6 Å². The topological polar surface area (TPSA) is 137 Å². The Morgan fingerprint density at radius 1 is 1.08 bits per heavy atom. The number of hydrogen-bond donors (Lipinski definition) is 5. The summed E-state index contributed by atoms with van der Waals surface area (Å²) in [7, 11) is -3.67. The van der Waals surface area contributed by atoms with Crippen LogP contribution in [-0.4, -0.2) is 37.5 Å². The van der Waals surface area contributed by atoms with Crippen LogP contribution in [0.2, 0.25) is 0 Å². The van der Waals surface area contributed by atoms with Gasteiger partial charge in [0.05, 0.1) is 10.5 Å². The highest BCUT2D eigenvalue weighted by molar-refractivity contribution is 7.89. The maximum Gasteiger partial charge on any atom is 0.416 e. The number of nitrogens with zero attached hydrogens (tertiary/aromatic N) is 2. The van der Waals surface area contributed by atoms with Crippen molar-refractivity contribution in [2.75, 3.05) is 29.0 Å². The number of amides is 2. The average molecular weight is 522 g/mol. The Morgan fingerprint density at radius 3 is 2.69 bits per heavy atom. The molecule has 0 saturated carbocycles. The molecule has 4 rings (SSSR count). The molecular formula is C22H22F3N7O3S. The highest BCUT2D eigenvalue weighted by atomic mass is 32.2. The Kier molecular flexibility index (Phi) is 7.26. The van der Waals surface area contributed by atoms with Crippen LogP contribution in [-0.2, 0) is 22.7 Å². The summed E-state index contributed by atoms with van der Waals surface area (Å²) in [6.07, 6.45) is -2.59. The average Bonchev–Trinajstić information content (AvgIpc) is 2.83. The number of benzene rings is 2. The van der Waals surface area contributed by atoms with Gasteiger partial charge in [-0.1, -0.05) is 12.1 Å². The maximum atomic E-state index is 12.9. The standard InChI is InChI=1S/C22H22F3N7O3S/c23-22(24,25)15-4-1-5-16(10-15)31-21(33)28-13-14-12-27-20-30-17-6-2-7-18(11-17)36(34,35)29-9-3-8-26-19(14)32-20/h1-2,4-7,10-12,29H,3,8-9,13H2,(H2,28,31,33)(H2,26,27,30,32). The number of carbonyl (C=O) groups excluding carboxylic acids is 1. The summed E-state index contributed by atoms with van der Waals surface area (Å²) in [5.41, 5.74) is 0.102. The van der Waals surface area contributed by atoms with Crippen LogP contribution >= 0.6 is 0 Å². The molecular weight excluding hydrogens is 499 g/mol. The lowest BCUT2D eigenvalue weighted by molar-refractivity contribution is -0.137. The summed E-state index contributed by atoms with van der Waals surface area (Å²) >= 11 is 0. The summed E-state index contributed by atoms with van der Waals surface area (Å²) in [4.78, 5) is 21.0. The number of sulfonamides is 1. The number of hydrogen-bond acceptors (Lipinski definition) is 7. The smallest absolute Gasteiger partial charge is 0.370 e. The van der Waals surface area contributed by atoms with Crippen molar-refractivity contribution < 1.29 is 26.4 Å². The van der Waals surface area contributed by atoms with E-state index < -0.39 is 27.8 Å². The van der Waals surface area contributed by atoms with Gasteiger partial charge in [0.25, 0.3) is 0 Å². The molecule has 0 aliphatic carbocycles. The molecule has 36 heavy (non-hydrogen) atoms. The van der Waals surface area contributed by atoms with Crippen molar-refractivity contribution in [2.24, 2.45) is 0 Å². The zero-order chi connectivity index (χ0) is 25.8. The molecule has 4 bridgehead atoms. The second-order valence-corrected chi connectivity index (χ2v) is 9.55. The Morgan fingerprint density at radius 2 is 1.89 bits per heavy atom. The summed E-state index contributed by atoms with van der Waals surface area (Å²) in [5, 5.41) is 11.0. The molecule has 5 N–H and O–H groups in total. The minimum absolute atomic E-state index is 0.00771. The molecule has 0 saturated heterocycles. The van der Waals surface area contributed by atoms with E-state index in [2.05, 4.69) is 36.0 Å². The lowest BCUT2D eigenvalue weighted by Gasteiger charge is -2.14. The van der Waals surface area contributed by atoms with Gasteiger partial charge in [-0.05, 0) is 42.8 Å². The van der Waals surface area contributed by atoms with Gasteiger partial charge in [-0.25, -0.2) is 22.9 Å². The third-order valence-electron chi connectivity index (χ3n) is 5.09. The molecule has 0 radical (unpaired) electrons. The summed E-state index contributed by atoms with van der Waals surface area (Å²) < 4.78 is 66.1. The van der Waals surface area contributed by atoms with Crippen molar-refractivity contribution in [3.8, 4) is 0 Å². The number of fused-ring (bicyclic) bond motifs is 4. The predicted octanol–water partition coefficient (Wildman–Crippen LogP) is 3.65. The van der Waals surface area contributed by atoms with E-state index in [1.54, 1.807) is 12.1 Å². The van der Waals surface area contributed by atoms with Crippen LogP contribution in [0.15, 0.2) is 59.6 Å². The monoisotopic (exact) mass is 521 g/mol. The number of halogens is 3. The summed E-state index contributed by atoms with van der Waals surface area (Å²) in [6.45, 7) is 0.549. The molecule has 190 valence electrons. The van der Waals surface area contributed by atoms with Gasteiger partial charge in [0.1, 0.15) is 5.82 Å². The molecule has 2 aromatic carbocycles. The Bertz CT molecular complexity index is 1370. The van der Waals surface area contributed by atoms with Gasteiger partial charge in [-0.2, -0.15) is 18.2 Å². The molecule has 0 spiro atoms. The zero-order valence-corrected chi connectivity index (χ0v) is 19.5. The van der Waals surface area contributed by atoms with Crippen LogP contribution in [0.1, 0.15) is 17.5 Å². The van der Waals surface area contributed by atoms with Crippen molar-refractivity contribution >= 4 is 39.2 Å². The second kappa shape index (κ2) is 10.4. The molecule has 0 unspecified atom stereocenters. The molecule has 1 aromatic heterocycles. The highest BCUT2D eigenvalue weighted by Gasteiger charge is 2.30. The molecule has 1 aliphatic rings. The van der Waals surface area contributed by atoms with E-state index in [0.29, 0.717) is 30.0 Å². The number of alkyl halides is 3. The van der Waals surface area contributed by atoms with Gasteiger partial charge in [0.2, 0.25) is 16.0 Å². The van der Waals surface area contributed by atoms with E-state index >= 15 is 0 Å². The number of anilines is 4. The number of aromatic nitrogens is 2.